The average Bonchev–Trinajstić information content (AvgIpc) is 3.24. The van der Waals surface area contributed by atoms with Crippen molar-refractivity contribution in [2.24, 2.45) is 5.41 Å². The summed E-state index contributed by atoms with van der Waals surface area (Å²) in [5, 5.41) is 8.86. The molecular weight excluding hydrogens is 524 g/mol. The Balaban J connectivity index is 1.45. The van der Waals surface area contributed by atoms with Gasteiger partial charge in [0.15, 0.2) is 5.82 Å². The lowest BCUT2D eigenvalue weighted by molar-refractivity contribution is 0.243. The van der Waals surface area contributed by atoms with Gasteiger partial charge in [0.2, 0.25) is 16.0 Å². The number of sulfonamides is 1. The number of hydrogen-bond acceptors (Lipinski definition) is 8. The van der Waals surface area contributed by atoms with Gasteiger partial charge in [-0.25, -0.2) is 37.1 Å². The lowest BCUT2D eigenvalue weighted by Gasteiger charge is -2.37. The van der Waals surface area contributed by atoms with Crippen molar-refractivity contribution in [3.63, 3.8) is 0 Å². The highest BCUT2D eigenvalue weighted by molar-refractivity contribution is 7.91. The highest BCUT2D eigenvalue weighted by Gasteiger charge is 2.65. The fraction of sp³-hybridized carbons (Fsp3) is 0.333. The van der Waals surface area contributed by atoms with E-state index in [1.54, 1.807) is 19.2 Å². The normalized spacial score (nSPS) is 21.1. The van der Waals surface area contributed by atoms with Gasteiger partial charge in [0.1, 0.15) is 11.6 Å². The molecule has 2 atom stereocenters. The first-order valence-corrected chi connectivity index (χ1v) is 14.3. The number of rotatable bonds is 5. The second kappa shape index (κ2) is 8.54. The van der Waals surface area contributed by atoms with Crippen LogP contribution in [-0.2, 0) is 15.4 Å². The summed E-state index contributed by atoms with van der Waals surface area (Å²) in [5.41, 5.74) is 2.61. The van der Waals surface area contributed by atoms with Crippen molar-refractivity contribution in [3.8, 4) is 22.6 Å². The molecule has 4 aromatic rings. The molecule has 2 bridgehead atoms. The Bertz CT molecular complexity index is 1740. The van der Waals surface area contributed by atoms with E-state index in [0.717, 1.165) is 36.0 Å². The van der Waals surface area contributed by atoms with Gasteiger partial charge in [-0.2, -0.15) is 5.10 Å². The predicted molar refractivity (Wildman–Crippen MR) is 140 cm³/mol. The molecule has 2 aliphatic rings. The van der Waals surface area contributed by atoms with Crippen LogP contribution in [0.3, 0.4) is 0 Å². The Morgan fingerprint density at radius 1 is 1.05 bits per heavy atom. The minimum atomic E-state index is -3.52. The van der Waals surface area contributed by atoms with Gasteiger partial charge in [-0.3, -0.25) is 4.72 Å². The third-order valence-electron chi connectivity index (χ3n) is 8.19. The van der Waals surface area contributed by atoms with Crippen LogP contribution in [0.5, 0.6) is 0 Å². The molecule has 1 fully saturated rings. The first-order chi connectivity index (χ1) is 18.4. The zero-order chi connectivity index (χ0) is 27.7. The minimum absolute atomic E-state index is 0.0321. The molecule has 200 valence electrons. The van der Waals surface area contributed by atoms with Crippen LogP contribution in [0.4, 0.5) is 14.7 Å². The molecule has 2 aliphatic carbocycles. The molecule has 1 saturated carbocycles. The highest BCUT2D eigenvalue weighted by Crippen LogP contribution is 2.69. The number of halogens is 2. The molecule has 0 aliphatic heterocycles. The minimum Gasteiger partial charge on any atom is -0.251 e. The van der Waals surface area contributed by atoms with Gasteiger partial charge >= 0.3 is 0 Å². The van der Waals surface area contributed by atoms with Crippen molar-refractivity contribution in [2.75, 3.05) is 11.0 Å². The van der Waals surface area contributed by atoms with Gasteiger partial charge < -0.3 is 0 Å². The standard InChI is InChI=1S/C27H25F2N7O2S/c1-14-16(13-31-25(32-14)36-39(4,37)38)24-30-11-9-21(33-24)27-10-8-17(26(27,2)3)15-12-20(34-35-23(15)27)22-18(28)6-5-7-19(22)29/h5-7,9,11-13,17H,8,10H2,1-4H3,(H,31,32,36)/t17-,27-/m0/s1. The largest absolute Gasteiger partial charge is 0.251 e. The number of fused-ring (bicyclic) bond motifs is 5. The zero-order valence-electron chi connectivity index (χ0n) is 21.7. The molecule has 0 radical (unpaired) electrons. The van der Waals surface area contributed by atoms with E-state index >= 15 is 0 Å². The maximum absolute atomic E-state index is 14.5. The Labute approximate surface area is 224 Å². The number of benzene rings is 1. The fourth-order valence-electron chi connectivity index (χ4n) is 6.38. The van der Waals surface area contributed by atoms with Gasteiger partial charge in [-0.15, -0.1) is 5.10 Å². The summed E-state index contributed by atoms with van der Waals surface area (Å²) in [6, 6.07) is 7.38. The summed E-state index contributed by atoms with van der Waals surface area (Å²) in [4.78, 5) is 17.8. The third kappa shape index (κ3) is 3.80. The Kier molecular flexibility index (Phi) is 5.55. The molecular formula is C27H25F2N7O2S. The molecule has 1 N–H and O–H groups in total. The number of hydrogen-bond donors (Lipinski definition) is 1. The van der Waals surface area contributed by atoms with Crippen LogP contribution in [0.1, 0.15) is 55.3 Å². The Hall–Kier alpha value is -3.93. The Morgan fingerprint density at radius 2 is 1.79 bits per heavy atom. The summed E-state index contributed by atoms with van der Waals surface area (Å²) in [5.74, 6) is -0.901. The number of aromatic nitrogens is 6. The molecule has 1 aromatic carbocycles. The molecule has 0 unspecified atom stereocenters. The summed E-state index contributed by atoms with van der Waals surface area (Å²) >= 11 is 0. The summed E-state index contributed by atoms with van der Waals surface area (Å²) < 4.78 is 54.5. The van der Waals surface area contributed by atoms with Crippen LogP contribution in [0.25, 0.3) is 22.6 Å². The second-order valence-electron chi connectivity index (χ2n) is 10.7. The molecule has 9 nitrogen and oxygen atoms in total. The third-order valence-corrected chi connectivity index (χ3v) is 8.74. The van der Waals surface area contributed by atoms with Crippen LogP contribution < -0.4 is 4.72 Å². The maximum atomic E-state index is 14.5. The van der Waals surface area contributed by atoms with Crippen molar-refractivity contribution < 1.29 is 17.2 Å². The van der Waals surface area contributed by atoms with Crippen LogP contribution in [0, 0.1) is 24.0 Å². The van der Waals surface area contributed by atoms with E-state index in [0.29, 0.717) is 17.1 Å². The van der Waals surface area contributed by atoms with Crippen LogP contribution in [0.15, 0.2) is 42.7 Å². The van der Waals surface area contributed by atoms with Gasteiger partial charge in [-0.1, -0.05) is 19.9 Å². The number of nitrogens with zero attached hydrogens (tertiary/aromatic N) is 6. The van der Waals surface area contributed by atoms with Crippen molar-refractivity contribution in [3.05, 3.63) is 77.0 Å². The van der Waals surface area contributed by atoms with Crippen LogP contribution in [0.2, 0.25) is 0 Å². The summed E-state index contributed by atoms with van der Waals surface area (Å²) in [6.07, 6.45) is 5.83. The van der Waals surface area contributed by atoms with Crippen molar-refractivity contribution in [1.82, 2.24) is 30.1 Å². The van der Waals surface area contributed by atoms with Crippen LogP contribution in [-0.4, -0.2) is 44.8 Å². The lowest BCUT2D eigenvalue weighted by Crippen LogP contribution is -2.38. The lowest BCUT2D eigenvalue weighted by atomic mass is 9.66. The summed E-state index contributed by atoms with van der Waals surface area (Å²) in [7, 11) is -3.52. The van der Waals surface area contributed by atoms with Crippen molar-refractivity contribution in [2.45, 2.75) is 44.9 Å². The fourth-order valence-corrected chi connectivity index (χ4v) is 6.81. The van der Waals surface area contributed by atoms with E-state index < -0.39 is 27.1 Å². The molecule has 0 amide bonds. The van der Waals surface area contributed by atoms with Crippen molar-refractivity contribution in [1.29, 1.82) is 0 Å². The predicted octanol–water partition coefficient (Wildman–Crippen LogP) is 4.55. The van der Waals surface area contributed by atoms with Gasteiger partial charge in [0.25, 0.3) is 0 Å². The van der Waals surface area contributed by atoms with E-state index in [1.807, 2.05) is 6.07 Å². The molecule has 39 heavy (non-hydrogen) atoms. The molecule has 3 aromatic heterocycles. The number of aryl methyl sites for hydroxylation is 1. The first-order valence-electron chi connectivity index (χ1n) is 12.4. The van der Waals surface area contributed by atoms with E-state index in [4.69, 9.17) is 4.98 Å². The van der Waals surface area contributed by atoms with Gasteiger partial charge in [-0.05, 0) is 60.9 Å². The zero-order valence-corrected chi connectivity index (χ0v) is 22.5. The number of nitrogens with one attached hydrogen (secondary N) is 1. The topological polar surface area (TPSA) is 124 Å². The van der Waals surface area contributed by atoms with Gasteiger partial charge in [0.05, 0.1) is 45.6 Å². The second-order valence-corrected chi connectivity index (χ2v) is 12.4. The highest BCUT2D eigenvalue weighted by atomic mass is 32.2. The maximum Gasteiger partial charge on any atom is 0.236 e. The average molecular weight is 550 g/mol. The van der Waals surface area contributed by atoms with Crippen LogP contribution >= 0.6 is 0 Å². The van der Waals surface area contributed by atoms with E-state index in [2.05, 4.69) is 43.7 Å². The molecule has 0 saturated heterocycles. The van der Waals surface area contributed by atoms with E-state index in [-0.39, 0.29) is 28.5 Å². The smallest absolute Gasteiger partial charge is 0.236 e. The summed E-state index contributed by atoms with van der Waals surface area (Å²) in [6.45, 7) is 6.06. The first kappa shape index (κ1) is 25.4. The van der Waals surface area contributed by atoms with E-state index in [1.165, 1.54) is 24.4 Å². The molecule has 3 heterocycles. The monoisotopic (exact) mass is 549 g/mol. The van der Waals surface area contributed by atoms with Crippen molar-refractivity contribution >= 4 is 16.0 Å². The molecule has 12 heteroatoms. The quantitative estimate of drug-likeness (QED) is 0.385. The molecule has 6 rings (SSSR count). The van der Waals surface area contributed by atoms with E-state index in [9.17, 15) is 17.2 Å². The molecule has 0 spiro atoms. The SMILES string of the molecule is Cc1nc(NS(C)(=O)=O)ncc1-c1nccc([C@@]23CC[C@@H](c4cc(-c5c(F)cccc5F)nnc42)C3(C)C)n1. The Morgan fingerprint density at radius 3 is 2.49 bits per heavy atom. The van der Waals surface area contributed by atoms with Gasteiger partial charge in [0, 0.05) is 12.4 Å². The number of anilines is 1.